The zero-order valence-electron chi connectivity index (χ0n) is 17.9. The third kappa shape index (κ3) is 4.47. The van der Waals surface area contributed by atoms with Crippen LogP contribution < -0.4 is 20.7 Å². The van der Waals surface area contributed by atoms with E-state index in [2.05, 4.69) is 25.1 Å². The summed E-state index contributed by atoms with van der Waals surface area (Å²) in [6.45, 7) is 5.36. The lowest BCUT2D eigenvalue weighted by molar-refractivity contribution is -0.116. The summed E-state index contributed by atoms with van der Waals surface area (Å²) in [6.07, 6.45) is 3.24. The average Bonchev–Trinajstić information content (AvgIpc) is 3.19. The number of pyridine rings is 1. The summed E-state index contributed by atoms with van der Waals surface area (Å²) < 4.78 is 11.1. The van der Waals surface area contributed by atoms with Crippen molar-refractivity contribution >= 4 is 28.5 Å². The Balaban J connectivity index is 1.05. The highest BCUT2D eigenvalue weighted by atomic mass is 16.5. The number of unbranched alkanes of at least 4 members (excludes halogenated alkanes) is 1. The Labute approximate surface area is 185 Å². The predicted molar refractivity (Wildman–Crippen MR) is 121 cm³/mol. The van der Waals surface area contributed by atoms with Crippen LogP contribution in [-0.2, 0) is 11.2 Å². The fourth-order valence-corrected chi connectivity index (χ4v) is 4.34. The van der Waals surface area contributed by atoms with Crippen LogP contribution in [0.1, 0.15) is 24.8 Å². The zero-order chi connectivity index (χ0) is 21.9. The van der Waals surface area contributed by atoms with Crippen molar-refractivity contribution in [2.75, 3.05) is 49.5 Å². The first-order valence-electron chi connectivity index (χ1n) is 11.2. The lowest BCUT2D eigenvalue weighted by Gasteiger charge is -2.36. The average molecular weight is 438 g/mol. The molecule has 2 aliphatic heterocycles. The van der Waals surface area contributed by atoms with Gasteiger partial charge in [-0.05, 0) is 49.6 Å². The van der Waals surface area contributed by atoms with E-state index in [4.69, 9.17) is 9.15 Å². The number of hydrogen-bond donors (Lipinski definition) is 2. The van der Waals surface area contributed by atoms with Crippen molar-refractivity contribution in [2.45, 2.75) is 25.7 Å². The van der Waals surface area contributed by atoms with E-state index in [1.807, 2.05) is 30.3 Å². The Morgan fingerprint density at radius 1 is 1.03 bits per heavy atom. The van der Waals surface area contributed by atoms with Crippen LogP contribution in [0.2, 0.25) is 0 Å². The van der Waals surface area contributed by atoms with Gasteiger partial charge in [0.05, 0.1) is 17.8 Å². The standard InChI is InChI=1S/C23H27N5O4/c29-19-8-6-16-7-9-20(26-22(16)25-19)31-15-2-1-10-27-11-13-28(14-12-27)18-5-3-4-17-21(18)32-23(30)24-17/h3-5,7,9H,1-2,6,8,10-15H2,(H,24,30)(H,25,26,29). The van der Waals surface area contributed by atoms with E-state index in [-0.39, 0.29) is 5.91 Å². The van der Waals surface area contributed by atoms with Crippen molar-refractivity contribution < 1.29 is 13.9 Å². The number of carbonyl (C=O) groups excluding carboxylic acids is 1. The number of anilines is 2. The van der Waals surface area contributed by atoms with E-state index < -0.39 is 5.76 Å². The van der Waals surface area contributed by atoms with E-state index in [0.29, 0.717) is 30.3 Å². The van der Waals surface area contributed by atoms with E-state index >= 15 is 0 Å². The van der Waals surface area contributed by atoms with E-state index in [9.17, 15) is 9.59 Å². The van der Waals surface area contributed by atoms with Crippen LogP contribution in [0.25, 0.3) is 11.1 Å². The van der Waals surface area contributed by atoms with Gasteiger partial charge in [0.1, 0.15) is 5.82 Å². The molecule has 9 nitrogen and oxygen atoms in total. The van der Waals surface area contributed by atoms with Gasteiger partial charge in [-0.15, -0.1) is 0 Å². The third-order valence-electron chi connectivity index (χ3n) is 6.09. The molecule has 4 heterocycles. The number of H-pyrrole nitrogens is 1. The molecule has 0 unspecified atom stereocenters. The van der Waals surface area contributed by atoms with Crippen LogP contribution in [-0.4, -0.2) is 60.1 Å². The van der Waals surface area contributed by atoms with E-state index in [1.165, 1.54) is 0 Å². The van der Waals surface area contributed by atoms with Gasteiger partial charge in [-0.1, -0.05) is 6.07 Å². The summed E-state index contributed by atoms with van der Waals surface area (Å²) in [5.74, 6) is 0.789. The van der Waals surface area contributed by atoms with Crippen LogP contribution in [0.3, 0.4) is 0 Å². The molecule has 0 saturated carbocycles. The first kappa shape index (κ1) is 20.6. The summed E-state index contributed by atoms with van der Waals surface area (Å²) in [7, 11) is 0. The van der Waals surface area contributed by atoms with Gasteiger partial charge in [0, 0.05) is 38.7 Å². The van der Waals surface area contributed by atoms with Gasteiger partial charge >= 0.3 is 5.76 Å². The van der Waals surface area contributed by atoms with Gasteiger partial charge in [0.15, 0.2) is 5.58 Å². The summed E-state index contributed by atoms with van der Waals surface area (Å²) in [5, 5.41) is 2.81. The minimum absolute atomic E-state index is 0.0107. The number of fused-ring (bicyclic) bond motifs is 2. The zero-order valence-corrected chi connectivity index (χ0v) is 17.9. The Morgan fingerprint density at radius 3 is 2.78 bits per heavy atom. The Morgan fingerprint density at radius 2 is 1.91 bits per heavy atom. The molecule has 0 radical (unpaired) electrons. The van der Waals surface area contributed by atoms with Gasteiger partial charge in [-0.25, -0.2) is 4.79 Å². The molecule has 1 fully saturated rings. The Bertz CT molecular complexity index is 1160. The molecule has 2 aromatic heterocycles. The van der Waals surface area contributed by atoms with Crippen LogP contribution in [0.4, 0.5) is 11.5 Å². The molecular formula is C23H27N5O4. The largest absolute Gasteiger partial charge is 0.478 e. The van der Waals surface area contributed by atoms with Crippen molar-refractivity contribution in [1.29, 1.82) is 0 Å². The molecule has 1 aromatic carbocycles. The lowest BCUT2D eigenvalue weighted by Crippen LogP contribution is -2.46. The molecule has 1 amide bonds. The molecule has 32 heavy (non-hydrogen) atoms. The Hall–Kier alpha value is -3.33. The number of ether oxygens (including phenoxy) is 1. The monoisotopic (exact) mass is 437 g/mol. The SMILES string of the molecule is O=C1CCc2ccc(OCCCCN3CCN(c4cccc5[nH]c(=O)oc45)CC3)nc2N1. The molecular weight excluding hydrogens is 410 g/mol. The molecule has 0 bridgehead atoms. The molecule has 1 saturated heterocycles. The van der Waals surface area contributed by atoms with Crippen molar-refractivity contribution in [2.24, 2.45) is 0 Å². The minimum Gasteiger partial charge on any atom is -0.478 e. The molecule has 0 aliphatic carbocycles. The molecule has 2 aliphatic rings. The first-order valence-corrected chi connectivity index (χ1v) is 11.2. The number of aromatic amines is 1. The second kappa shape index (κ2) is 9.04. The maximum absolute atomic E-state index is 11.5. The minimum atomic E-state index is -0.413. The number of aromatic nitrogens is 2. The number of benzene rings is 1. The van der Waals surface area contributed by atoms with Crippen molar-refractivity contribution in [3.8, 4) is 5.88 Å². The number of carbonyl (C=O) groups is 1. The van der Waals surface area contributed by atoms with Gasteiger partial charge in [0.25, 0.3) is 0 Å². The number of nitrogens with zero attached hydrogens (tertiary/aromatic N) is 3. The fourth-order valence-electron chi connectivity index (χ4n) is 4.34. The fraction of sp³-hybridized carbons (Fsp3) is 0.435. The molecule has 5 rings (SSSR count). The van der Waals surface area contributed by atoms with Crippen LogP contribution >= 0.6 is 0 Å². The number of oxazole rings is 1. The maximum Gasteiger partial charge on any atom is 0.417 e. The third-order valence-corrected chi connectivity index (χ3v) is 6.09. The van der Waals surface area contributed by atoms with Crippen LogP contribution in [0.15, 0.2) is 39.5 Å². The topological polar surface area (TPSA) is 104 Å². The van der Waals surface area contributed by atoms with E-state index in [0.717, 1.165) is 68.8 Å². The van der Waals surface area contributed by atoms with Crippen molar-refractivity contribution in [3.63, 3.8) is 0 Å². The summed E-state index contributed by atoms with van der Waals surface area (Å²) >= 11 is 0. The summed E-state index contributed by atoms with van der Waals surface area (Å²) in [5.41, 5.74) is 3.41. The molecule has 168 valence electrons. The highest BCUT2D eigenvalue weighted by Gasteiger charge is 2.20. The van der Waals surface area contributed by atoms with Crippen molar-refractivity contribution in [3.05, 3.63) is 46.4 Å². The smallest absolute Gasteiger partial charge is 0.417 e. The second-order valence-corrected chi connectivity index (χ2v) is 8.26. The first-order chi connectivity index (χ1) is 15.7. The molecule has 3 aromatic rings. The summed E-state index contributed by atoms with van der Waals surface area (Å²) in [4.78, 5) is 34.9. The van der Waals surface area contributed by atoms with Crippen LogP contribution in [0.5, 0.6) is 5.88 Å². The van der Waals surface area contributed by atoms with Gasteiger partial charge in [-0.2, -0.15) is 4.98 Å². The molecule has 0 atom stereocenters. The second-order valence-electron chi connectivity index (χ2n) is 8.26. The van der Waals surface area contributed by atoms with Gasteiger partial charge in [0.2, 0.25) is 11.8 Å². The lowest BCUT2D eigenvalue weighted by atomic mass is 10.1. The predicted octanol–water partition coefficient (Wildman–Crippen LogP) is 2.38. The molecule has 2 N–H and O–H groups in total. The number of amides is 1. The van der Waals surface area contributed by atoms with Gasteiger partial charge < -0.3 is 19.4 Å². The number of piperazine rings is 1. The highest BCUT2D eigenvalue weighted by Crippen LogP contribution is 2.26. The number of para-hydroxylation sites is 1. The van der Waals surface area contributed by atoms with E-state index in [1.54, 1.807) is 0 Å². The number of hydrogen-bond acceptors (Lipinski definition) is 7. The highest BCUT2D eigenvalue weighted by molar-refractivity contribution is 5.92. The number of nitrogens with one attached hydrogen (secondary N) is 2. The normalized spacial score (nSPS) is 16.8. The molecule has 0 spiro atoms. The maximum atomic E-state index is 11.5. The van der Waals surface area contributed by atoms with Gasteiger partial charge in [-0.3, -0.25) is 14.7 Å². The molecule has 9 heteroatoms. The van der Waals surface area contributed by atoms with Crippen LogP contribution in [0, 0.1) is 0 Å². The Kier molecular flexibility index (Phi) is 5.81. The van der Waals surface area contributed by atoms with Crippen molar-refractivity contribution in [1.82, 2.24) is 14.9 Å². The summed E-state index contributed by atoms with van der Waals surface area (Å²) in [6, 6.07) is 9.67. The quantitative estimate of drug-likeness (QED) is 0.547. The number of rotatable bonds is 7. The number of aryl methyl sites for hydroxylation is 1.